The Labute approximate surface area is 167 Å². The zero-order chi connectivity index (χ0) is 21.9. The number of hydrogen-bond donors (Lipinski definition) is 0. The van der Waals surface area contributed by atoms with Crippen LogP contribution in [0, 0.1) is 11.6 Å². The smallest absolute Gasteiger partial charge is 0.426 e. The van der Waals surface area contributed by atoms with Crippen LogP contribution >= 0.6 is 0 Å². The first-order valence-corrected chi connectivity index (χ1v) is 8.49. The van der Waals surface area contributed by atoms with E-state index in [-0.39, 0.29) is 23.1 Å². The maximum absolute atomic E-state index is 14.5. The van der Waals surface area contributed by atoms with Gasteiger partial charge in [-0.25, -0.2) is 8.78 Å². The van der Waals surface area contributed by atoms with E-state index < -0.39 is 35.7 Å². The van der Waals surface area contributed by atoms with E-state index in [1.807, 2.05) is 0 Å². The molecule has 158 valence electrons. The van der Waals surface area contributed by atoms with Gasteiger partial charge < -0.3 is 14.2 Å². The summed E-state index contributed by atoms with van der Waals surface area (Å²) in [6.07, 6.45) is -2.26. The average molecular weight is 428 g/mol. The van der Waals surface area contributed by atoms with Gasteiger partial charge in [-0.2, -0.15) is 17.6 Å². The molecule has 0 amide bonds. The molecule has 0 saturated carbocycles. The number of alkyl halides is 4. The monoisotopic (exact) mass is 428 g/mol. The lowest BCUT2D eigenvalue weighted by Crippen LogP contribution is -2.21. The molecule has 0 N–H and O–H groups in total. The van der Waals surface area contributed by atoms with E-state index in [1.54, 1.807) is 0 Å². The molecule has 0 aromatic heterocycles. The Morgan fingerprint density at radius 1 is 0.967 bits per heavy atom. The third kappa shape index (κ3) is 4.61. The topological polar surface area (TPSA) is 27.7 Å². The summed E-state index contributed by atoms with van der Waals surface area (Å²) in [5.41, 5.74) is -0.480. The van der Waals surface area contributed by atoms with Crippen LogP contribution in [-0.4, -0.2) is 13.2 Å². The van der Waals surface area contributed by atoms with Crippen molar-refractivity contribution in [3.8, 4) is 17.2 Å². The Bertz CT molecular complexity index is 1050. The summed E-state index contributed by atoms with van der Waals surface area (Å²) in [4.78, 5) is 0. The summed E-state index contributed by atoms with van der Waals surface area (Å²) >= 11 is 0. The Morgan fingerprint density at radius 2 is 1.63 bits per heavy atom. The number of hydrogen-bond acceptors (Lipinski definition) is 3. The summed E-state index contributed by atoms with van der Waals surface area (Å²) in [6, 6.07) is 8.51. The van der Waals surface area contributed by atoms with Crippen molar-refractivity contribution in [2.75, 3.05) is 6.61 Å². The SMILES string of the molecule is C=CCOc1ccc(C(F)(F)Oc2ccc3c(F)c(OC(F)F)c(F)cc3c2)cc1. The van der Waals surface area contributed by atoms with Crippen molar-refractivity contribution in [1.29, 1.82) is 0 Å². The van der Waals surface area contributed by atoms with Gasteiger partial charge in [0, 0.05) is 5.39 Å². The highest BCUT2D eigenvalue weighted by Gasteiger charge is 2.34. The summed E-state index contributed by atoms with van der Waals surface area (Å²) in [6.45, 7) is 0.256. The van der Waals surface area contributed by atoms with Crippen molar-refractivity contribution in [2.24, 2.45) is 0 Å². The zero-order valence-electron chi connectivity index (χ0n) is 15.2. The molecule has 30 heavy (non-hydrogen) atoms. The van der Waals surface area contributed by atoms with Gasteiger partial charge in [-0.05, 0) is 53.9 Å². The molecule has 3 aromatic carbocycles. The van der Waals surface area contributed by atoms with Crippen molar-refractivity contribution in [3.63, 3.8) is 0 Å². The van der Waals surface area contributed by atoms with E-state index in [0.717, 1.165) is 30.3 Å². The van der Waals surface area contributed by atoms with Gasteiger partial charge >= 0.3 is 12.7 Å². The van der Waals surface area contributed by atoms with Gasteiger partial charge in [-0.15, -0.1) is 0 Å². The molecule has 3 nitrogen and oxygen atoms in total. The van der Waals surface area contributed by atoms with Crippen molar-refractivity contribution in [1.82, 2.24) is 0 Å². The first-order valence-electron chi connectivity index (χ1n) is 8.49. The Balaban J connectivity index is 1.86. The highest BCUT2D eigenvalue weighted by molar-refractivity contribution is 5.86. The summed E-state index contributed by atoms with van der Waals surface area (Å²) in [5.74, 6) is -4.07. The predicted octanol–water partition coefficient (Wildman–Crippen LogP) is 6.41. The van der Waals surface area contributed by atoms with Crippen LogP contribution in [0.4, 0.5) is 26.3 Å². The third-order valence-corrected chi connectivity index (χ3v) is 3.97. The van der Waals surface area contributed by atoms with E-state index in [1.165, 1.54) is 18.2 Å². The number of ether oxygens (including phenoxy) is 3. The molecule has 0 unspecified atom stereocenters. The van der Waals surface area contributed by atoms with Crippen molar-refractivity contribution >= 4 is 10.8 Å². The maximum atomic E-state index is 14.5. The minimum atomic E-state index is -3.76. The van der Waals surface area contributed by atoms with Gasteiger partial charge in [0.2, 0.25) is 0 Å². The van der Waals surface area contributed by atoms with Crippen LogP contribution in [-0.2, 0) is 6.11 Å². The van der Waals surface area contributed by atoms with Crippen molar-refractivity contribution in [2.45, 2.75) is 12.7 Å². The molecule has 9 heteroatoms. The van der Waals surface area contributed by atoms with Gasteiger partial charge in [-0.1, -0.05) is 12.7 Å². The normalized spacial score (nSPS) is 11.6. The molecule has 0 atom stereocenters. The van der Waals surface area contributed by atoms with E-state index in [9.17, 15) is 26.3 Å². The molecule has 3 rings (SSSR count). The molecule has 0 aliphatic carbocycles. The van der Waals surface area contributed by atoms with Gasteiger partial charge in [0.1, 0.15) is 18.1 Å². The van der Waals surface area contributed by atoms with E-state index in [0.29, 0.717) is 11.8 Å². The molecule has 3 aromatic rings. The van der Waals surface area contributed by atoms with Crippen LogP contribution in [0.3, 0.4) is 0 Å². The van der Waals surface area contributed by atoms with Crippen LogP contribution in [0.1, 0.15) is 5.56 Å². The number of fused-ring (bicyclic) bond motifs is 1. The maximum Gasteiger partial charge on any atom is 0.426 e. The standard InChI is InChI=1S/C21H14F6O3/c1-2-9-28-14-5-3-13(4-6-14)21(26,27)30-15-7-8-16-12(10-15)11-17(22)19(18(16)23)29-20(24)25/h2-8,10-11,20H,1,9H2. The molecule has 0 aliphatic rings. The summed E-state index contributed by atoms with van der Waals surface area (Å²) in [5, 5.41) is -0.473. The molecule has 0 aliphatic heterocycles. The van der Waals surface area contributed by atoms with Gasteiger partial charge in [0.15, 0.2) is 17.4 Å². The largest absolute Gasteiger partial charge is 0.490 e. The second kappa shape index (κ2) is 8.56. The molecule has 0 bridgehead atoms. The third-order valence-electron chi connectivity index (χ3n) is 3.97. The fourth-order valence-corrected chi connectivity index (χ4v) is 2.66. The first-order chi connectivity index (χ1) is 14.2. The molecular weight excluding hydrogens is 414 g/mol. The number of benzene rings is 3. The minimum Gasteiger partial charge on any atom is -0.490 e. The van der Waals surface area contributed by atoms with Crippen LogP contribution in [0.25, 0.3) is 10.8 Å². The Morgan fingerprint density at radius 3 is 2.27 bits per heavy atom. The number of halogens is 6. The zero-order valence-corrected chi connectivity index (χ0v) is 15.2. The lowest BCUT2D eigenvalue weighted by Gasteiger charge is -2.19. The number of rotatable bonds is 8. The van der Waals surface area contributed by atoms with E-state index in [2.05, 4.69) is 11.3 Å². The molecule has 0 heterocycles. The van der Waals surface area contributed by atoms with E-state index in [4.69, 9.17) is 9.47 Å². The van der Waals surface area contributed by atoms with Crippen molar-refractivity contribution in [3.05, 3.63) is 78.4 Å². The molecule has 0 saturated heterocycles. The van der Waals surface area contributed by atoms with Crippen LogP contribution < -0.4 is 14.2 Å². The highest BCUT2D eigenvalue weighted by atomic mass is 19.3. The summed E-state index contributed by atoms with van der Waals surface area (Å²) < 4.78 is 95.4. The van der Waals surface area contributed by atoms with Gasteiger partial charge in [0.05, 0.1) is 5.56 Å². The van der Waals surface area contributed by atoms with Crippen molar-refractivity contribution < 1.29 is 40.6 Å². The lowest BCUT2D eigenvalue weighted by molar-refractivity contribution is -0.185. The quantitative estimate of drug-likeness (QED) is 0.306. The summed E-state index contributed by atoms with van der Waals surface area (Å²) in [7, 11) is 0. The lowest BCUT2D eigenvalue weighted by atomic mass is 10.1. The van der Waals surface area contributed by atoms with Crippen LogP contribution in [0.2, 0.25) is 0 Å². The highest BCUT2D eigenvalue weighted by Crippen LogP contribution is 2.36. The fraction of sp³-hybridized carbons (Fsp3) is 0.143. The Kier molecular flexibility index (Phi) is 6.09. The average Bonchev–Trinajstić information content (AvgIpc) is 2.69. The van der Waals surface area contributed by atoms with Crippen LogP contribution in [0.5, 0.6) is 17.2 Å². The molecular formula is C21H14F6O3. The first kappa shape index (κ1) is 21.4. The van der Waals surface area contributed by atoms with Gasteiger partial charge in [0.25, 0.3) is 0 Å². The molecule has 0 radical (unpaired) electrons. The van der Waals surface area contributed by atoms with Gasteiger partial charge in [-0.3, -0.25) is 0 Å². The molecule has 0 fully saturated rings. The predicted molar refractivity (Wildman–Crippen MR) is 97.2 cm³/mol. The second-order valence-electron chi connectivity index (χ2n) is 6.01. The van der Waals surface area contributed by atoms with Crippen LogP contribution in [0.15, 0.2) is 61.2 Å². The van der Waals surface area contributed by atoms with E-state index >= 15 is 0 Å². The Hall–Kier alpha value is -3.36. The minimum absolute atomic E-state index is 0.173. The molecule has 0 spiro atoms. The second-order valence-corrected chi connectivity index (χ2v) is 6.01. The fourth-order valence-electron chi connectivity index (χ4n) is 2.66.